The molecule has 16 heavy (non-hydrogen) atoms. The molecule has 1 rings (SSSR count). The normalized spacial score (nSPS) is 10.1. The maximum absolute atomic E-state index is 10.9. The smallest absolute Gasteiger partial charge is 0.282 e. The van der Waals surface area contributed by atoms with Crippen LogP contribution in [-0.2, 0) is 14.9 Å². The van der Waals surface area contributed by atoms with E-state index in [2.05, 4.69) is 15.0 Å². The summed E-state index contributed by atoms with van der Waals surface area (Å²) in [6, 6.07) is 3.49. The highest BCUT2D eigenvalue weighted by Crippen LogP contribution is 2.34. The van der Waals surface area contributed by atoms with Crippen molar-refractivity contribution >= 4 is 27.6 Å². The molecule has 1 aromatic rings. The lowest BCUT2D eigenvalue weighted by Gasteiger charge is -2.02. The van der Waals surface area contributed by atoms with Crippen LogP contribution in [0.2, 0.25) is 0 Å². The third kappa shape index (κ3) is 2.44. The zero-order valence-electron chi connectivity index (χ0n) is 7.60. The SMILES string of the molecule is [N-]=[N+]=Nc1c(N=C=O)cccc1S(=O)(=O)O. The fraction of sp³-hybridized carbons (Fsp3) is 0. The Labute approximate surface area is 89.6 Å². The first kappa shape index (κ1) is 11.9. The molecule has 0 unspecified atom stereocenters. The molecule has 0 radical (unpaired) electrons. The van der Waals surface area contributed by atoms with Gasteiger partial charge in [0.05, 0.1) is 11.4 Å². The summed E-state index contributed by atoms with van der Waals surface area (Å²) in [5, 5.41) is 3.06. The maximum atomic E-state index is 10.9. The van der Waals surface area contributed by atoms with Gasteiger partial charge in [-0.05, 0) is 17.7 Å². The largest absolute Gasteiger partial charge is 0.295 e. The molecule has 1 N–H and O–H groups in total. The summed E-state index contributed by atoms with van der Waals surface area (Å²) in [7, 11) is -4.55. The fourth-order valence-corrected chi connectivity index (χ4v) is 1.64. The Hall–Kier alpha value is -2.18. The molecule has 0 amide bonds. The van der Waals surface area contributed by atoms with Gasteiger partial charge in [0.25, 0.3) is 10.1 Å². The van der Waals surface area contributed by atoms with E-state index in [0.29, 0.717) is 0 Å². The van der Waals surface area contributed by atoms with Crippen LogP contribution in [0.1, 0.15) is 0 Å². The highest BCUT2D eigenvalue weighted by molar-refractivity contribution is 7.86. The van der Waals surface area contributed by atoms with Crippen LogP contribution >= 0.6 is 0 Å². The summed E-state index contributed by atoms with van der Waals surface area (Å²) in [5.41, 5.74) is 7.60. The molecule has 0 spiro atoms. The number of hydrogen-bond donors (Lipinski definition) is 1. The van der Waals surface area contributed by atoms with Crippen molar-refractivity contribution in [1.29, 1.82) is 0 Å². The number of benzene rings is 1. The molecule has 8 nitrogen and oxygen atoms in total. The Morgan fingerprint density at radius 1 is 1.44 bits per heavy atom. The molecule has 0 heterocycles. The summed E-state index contributed by atoms with van der Waals surface area (Å²) < 4.78 is 30.7. The van der Waals surface area contributed by atoms with E-state index in [1.807, 2.05) is 0 Å². The van der Waals surface area contributed by atoms with Crippen LogP contribution in [0.25, 0.3) is 10.4 Å². The summed E-state index contributed by atoms with van der Waals surface area (Å²) in [5.74, 6) is 0. The second-order valence-electron chi connectivity index (χ2n) is 2.49. The first-order chi connectivity index (χ1) is 7.50. The van der Waals surface area contributed by atoms with E-state index in [9.17, 15) is 13.2 Å². The van der Waals surface area contributed by atoms with Gasteiger partial charge in [0.15, 0.2) is 0 Å². The van der Waals surface area contributed by atoms with Crippen LogP contribution in [0.4, 0.5) is 11.4 Å². The van der Waals surface area contributed by atoms with Crippen LogP contribution in [0.3, 0.4) is 0 Å². The maximum Gasteiger partial charge on any atom is 0.295 e. The summed E-state index contributed by atoms with van der Waals surface area (Å²) in [4.78, 5) is 15.0. The first-order valence-corrected chi connectivity index (χ1v) is 5.18. The van der Waals surface area contributed by atoms with Crippen LogP contribution in [0.5, 0.6) is 0 Å². The van der Waals surface area contributed by atoms with Crippen molar-refractivity contribution in [1.82, 2.24) is 0 Å². The average molecular weight is 240 g/mol. The van der Waals surface area contributed by atoms with Crippen LogP contribution in [0, 0.1) is 0 Å². The van der Waals surface area contributed by atoms with Crippen molar-refractivity contribution in [3.05, 3.63) is 28.6 Å². The highest BCUT2D eigenvalue weighted by Gasteiger charge is 2.17. The van der Waals surface area contributed by atoms with Gasteiger partial charge in [0.1, 0.15) is 4.90 Å². The van der Waals surface area contributed by atoms with Gasteiger partial charge in [0, 0.05) is 4.91 Å². The fourth-order valence-electron chi connectivity index (χ4n) is 1.00. The summed E-state index contributed by atoms with van der Waals surface area (Å²) >= 11 is 0. The lowest BCUT2D eigenvalue weighted by Crippen LogP contribution is -1.97. The van der Waals surface area contributed by atoms with Gasteiger partial charge in [-0.1, -0.05) is 11.2 Å². The number of nitrogens with zero attached hydrogens (tertiary/aromatic N) is 4. The van der Waals surface area contributed by atoms with Crippen molar-refractivity contribution < 1.29 is 17.8 Å². The molecule has 0 saturated carbocycles. The molecule has 0 bridgehead atoms. The zero-order valence-corrected chi connectivity index (χ0v) is 8.42. The molecule has 0 saturated heterocycles. The molecular weight excluding hydrogens is 236 g/mol. The van der Waals surface area contributed by atoms with E-state index in [1.165, 1.54) is 18.2 Å². The van der Waals surface area contributed by atoms with E-state index < -0.39 is 20.7 Å². The minimum Gasteiger partial charge on any atom is -0.282 e. The Kier molecular flexibility index (Phi) is 3.39. The molecule has 0 atom stereocenters. The number of carbonyl (C=O) groups excluding carboxylic acids is 1. The Bertz CT molecular complexity index is 611. The van der Waals surface area contributed by atoms with Crippen molar-refractivity contribution in [2.45, 2.75) is 4.90 Å². The van der Waals surface area contributed by atoms with E-state index in [0.717, 1.165) is 6.07 Å². The van der Waals surface area contributed by atoms with Gasteiger partial charge in [0.2, 0.25) is 6.08 Å². The quantitative estimate of drug-likeness (QED) is 0.215. The van der Waals surface area contributed by atoms with Gasteiger partial charge < -0.3 is 0 Å². The van der Waals surface area contributed by atoms with E-state index in [1.54, 1.807) is 0 Å². The summed E-state index contributed by atoms with van der Waals surface area (Å²) in [6.45, 7) is 0. The van der Waals surface area contributed by atoms with Crippen molar-refractivity contribution in [2.24, 2.45) is 10.1 Å². The zero-order chi connectivity index (χ0) is 12.2. The Morgan fingerprint density at radius 3 is 2.62 bits per heavy atom. The predicted molar refractivity (Wildman–Crippen MR) is 52.8 cm³/mol. The lowest BCUT2D eigenvalue weighted by molar-refractivity contribution is 0.483. The predicted octanol–water partition coefficient (Wildman–Crippen LogP) is 1.84. The molecule has 0 aromatic heterocycles. The van der Waals surface area contributed by atoms with Gasteiger partial charge >= 0.3 is 0 Å². The minimum absolute atomic E-state index is 0.192. The number of hydrogen-bond acceptors (Lipinski definition) is 5. The third-order valence-electron chi connectivity index (χ3n) is 1.57. The number of rotatable bonds is 3. The Balaban J connectivity index is 3.70. The first-order valence-electron chi connectivity index (χ1n) is 3.74. The third-order valence-corrected chi connectivity index (χ3v) is 2.45. The van der Waals surface area contributed by atoms with Crippen molar-refractivity contribution in [2.75, 3.05) is 0 Å². The molecular formula is C7H4N4O4S. The lowest BCUT2D eigenvalue weighted by atomic mass is 10.3. The van der Waals surface area contributed by atoms with Crippen LogP contribution < -0.4 is 0 Å². The van der Waals surface area contributed by atoms with Gasteiger partial charge in [-0.25, -0.2) is 4.79 Å². The second kappa shape index (κ2) is 4.56. The van der Waals surface area contributed by atoms with Crippen molar-refractivity contribution in [3.8, 4) is 0 Å². The van der Waals surface area contributed by atoms with E-state index in [-0.39, 0.29) is 5.69 Å². The van der Waals surface area contributed by atoms with Crippen LogP contribution in [-0.4, -0.2) is 19.1 Å². The minimum atomic E-state index is -4.55. The monoisotopic (exact) mass is 240 g/mol. The van der Waals surface area contributed by atoms with Gasteiger partial charge in [-0.2, -0.15) is 13.4 Å². The Morgan fingerprint density at radius 2 is 2.12 bits per heavy atom. The van der Waals surface area contributed by atoms with Gasteiger partial charge in [-0.3, -0.25) is 4.55 Å². The second-order valence-corrected chi connectivity index (χ2v) is 3.88. The molecule has 0 fully saturated rings. The van der Waals surface area contributed by atoms with Crippen molar-refractivity contribution in [3.63, 3.8) is 0 Å². The number of isocyanates is 1. The molecule has 0 aliphatic carbocycles. The molecule has 9 heteroatoms. The molecule has 1 aromatic carbocycles. The van der Waals surface area contributed by atoms with Gasteiger partial charge in [-0.15, -0.1) is 0 Å². The number of aliphatic imine (C=N–C) groups is 1. The van der Waals surface area contributed by atoms with E-state index in [4.69, 9.17) is 10.1 Å². The standard InChI is InChI=1S/C7H4N4O4S/c8-11-10-7-5(9-4-12)2-1-3-6(7)16(13,14)15/h1-3H,(H,13,14,15). The molecule has 82 valence electrons. The molecule has 0 aliphatic heterocycles. The topological polar surface area (TPSA) is 133 Å². The summed E-state index contributed by atoms with van der Waals surface area (Å²) in [6.07, 6.45) is 1.18. The molecule has 0 aliphatic rings. The average Bonchev–Trinajstić information content (AvgIpc) is 2.19. The number of azide groups is 1. The van der Waals surface area contributed by atoms with Crippen LogP contribution in [0.15, 0.2) is 33.2 Å². The van der Waals surface area contributed by atoms with E-state index >= 15 is 0 Å². The highest BCUT2D eigenvalue weighted by atomic mass is 32.2.